The Balaban J connectivity index is 2.84. The third kappa shape index (κ3) is 2.66. The Morgan fingerprint density at radius 3 is 2.65 bits per heavy atom. The maximum absolute atomic E-state index is 14.3. The molecule has 0 amide bonds. The summed E-state index contributed by atoms with van der Waals surface area (Å²) in [6, 6.07) is 3.20. The van der Waals surface area contributed by atoms with E-state index in [9.17, 15) is 4.39 Å². The molecule has 0 aliphatic carbocycles. The average Bonchev–Trinajstić information content (AvgIpc) is 2.39. The molecule has 2 aromatic rings. The minimum absolute atomic E-state index is 0.226. The van der Waals surface area contributed by atoms with E-state index in [-0.39, 0.29) is 5.82 Å². The lowest BCUT2D eigenvalue weighted by atomic mass is 9.96. The highest BCUT2D eigenvalue weighted by molar-refractivity contribution is 9.10. The van der Waals surface area contributed by atoms with Gasteiger partial charge < -0.3 is 5.32 Å². The summed E-state index contributed by atoms with van der Waals surface area (Å²) in [4.78, 5) is 4.60. The monoisotopic (exact) mass is 338 g/mol. The van der Waals surface area contributed by atoms with E-state index < -0.39 is 0 Å². The van der Waals surface area contributed by atoms with Crippen LogP contribution in [0.15, 0.2) is 16.6 Å². The maximum Gasteiger partial charge on any atom is 0.134 e. The Hall–Kier alpha value is -1.16. The second kappa shape index (κ2) is 6.08. The molecule has 2 nitrogen and oxygen atoms in total. The number of nitrogens with zero attached hydrogens (tertiary/aromatic N) is 1. The first-order valence-electron chi connectivity index (χ1n) is 6.99. The fourth-order valence-electron chi connectivity index (χ4n) is 2.57. The first-order chi connectivity index (χ1) is 9.47. The molecule has 0 radical (unpaired) electrons. The molecule has 108 valence electrons. The zero-order chi connectivity index (χ0) is 14.9. The molecule has 20 heavy (non-hydrogen) atoms. The molecule has 0 bridgehead atoms. The van der Waals surface area contributed by atoms with E-state index in [4.69, 9.17) is 0 Å². The number of hydrogen-bond donors (Lipinski definition) is 1. The minimum Gasteiger partial charge on any atom is -0.384 e. The number of aromatic nitrogens is 1. The molecule has 1 aromatic carbocycles. The number of rotatable bonds is 4. The molecular weight excluding hydrogens is 319 g/mol. The molecular formula is C16H20BrFN2. The topological polar surface area (TPSA) is 24.9 Å². The van der Waals surface area contributed by atoms with Gasteiger partial charge in [0.25, 0.3) is 0 Å². The lowest BCUT2D eigenvalue weighted by Crippen LogP contribution is -2.09. The van der Waals surface area contributed by atoms with Crippen molar-refractivity contribution in [2.75, 3.05) is 11.9 Å². The highest BCUT2D eigenvalue weighted by Crippen LogP contribution is 2.37. The molecule has 0 spiro atoms. The van der Waals surface area contributed by atoms with E-state index in [1.807, 2.05) is 6.92 Å². The predicted molar refractivity (Wildman–Crippen MR) is 87.0 cm³/mol. The van der Waals surface area contributed by atoms with Crippen molar-refractivity contribution >= 4 is 32.5 Å². The van der Waals surface area contributed by atoms with Gasteiger partial charge in [-0.25, -0.2) is 4.39 Å². The maximum atomic E-state index is 14.3. The van der Waals surface area contributed by atoms with Crippen LogP contribution < -0.4 is 5.32 Å². The summed E-state index contributed by atoms with van der Waals surface area (Å²) < 4.78 is 15.2. The van der Waals surface area contributed by atoms with Crippen LogP contribution in [0.25, 0.3) is 10.9 Å². The first kappa shape index (κ1) is 15.2. The van der Waals surface area contributed by atoms with E-state index >= 15 is 0 Å². The van der Waals surface area contributed by atoms with E-state index in [1.165, 1.54) is 6.07 Å². The van der Waals surface area contributed by atoms with Crippen molar-refractivity contribution in [1.29, 1.82) is 0 Å². The van der Waals surface area contributed by atoms with Crippen molar-refractivity contribution < 1.29 is 4.39 Å². The van der Waals surface area contributed by atoms with Crippen LogP contribution in [-0.2, 0) is 0 Å². The van der Waals surface area contributed by atoms with Crippen molar-refractivity contribution in [3.05, 3.63) is 33.7 Å². The SMILES string of the molecule is CCCNc1c(C(C)C)c(C)nc2c(Br)ccc(F)c12. The number of nitrogens with one attached hydrogen (secondary N) is 1. The van der Waals surface area contributed by atoms with E-state index in [0.29, 0.717) is 16.8 Å². The third-order valence-corrected chi connectivity index (χ3v) is 4.04. The molecule has 0 aliphatic heterocycles. The van der Waals surface area contributed by atoms with E-state index in [2.05, 4.69) is 47.0 Å². The molecule has 0 atom stereocenters. The molecule has 1 aromatic heterocycles. The van der Waals surface area contributed by atoms with Crippen LogP contribution in [0.4, 0.5) is 10.1 Å². The molecule has 0 saturated carbocycles. The van der Waals surface area contributed by atoms with Gasteiger partial charge in [0, 0.05) is 16.7 Å². The van der Waals surface area contributed by atoms with Gasteiger partial charge in [0.15, 0.2) is 0 Å². The highest BCUT2D eigenvalue weighted by atomic mass is 79.9. The Kier molecular flexibility index (Phi) is 4.63. The third-order valence-electron chi connectivity index (χ3n) is 3.40. The van der Waals surface area contributed by atoms with Gasteiger partial charge in [-0.2, -0.15) is 0 Å². The van der Waals surface area contributed by atoms with Gasteiger partial charge in [-0.1, -0.05) is 20.8 Å². The van der Waals surface area contributed by atoms with Crippen molar-refractivity contribution in [2.45, 2.75) is 40.0 Å². The number of hydrogen-bond acceptors (Lipinski definition) is 2. The van der Waals surface area contributed by atoms with Crippen LogP contribution in [0, 0.1) is 12.7 Å². The zero-order valence-corrected chi connectivity index (χ0v) is 13.9. The lowest BCUT2D eigenvalue weighted by Gasteiger charge is -2.20. The summed E-state index contributed by atoms with van der Waals surface area (Å²) in [5, 5.41) is 3.98. The Morgan fingerprint density at radius 2 is 2.05 bits per heavy atom. The van der Waals surface area contributed by atoms with Gasteiger partial charge >= 0.3 is 0 Å². The molecule has 0 saturated heterocycles. The molecule has 0 unspecified atom stereocenters. The standard InChI is InChI=1S/C16H20BrFN2/c1-5-8-19-16-13(9(2)3)10(4)20-15-11(17)6-7-12(18)14(15)16/h6-7,9H,5,8H2,1-4H3,(H,19,20). The molecule has 2 rings (SSSR count). The molecule has 0 fully saturated rings. The van der Waals surface area contributed by atoms with Crippen LogP contribution in [0.3, 0.4) is 0 Å². The molecule has 0 aliphatic rings. The van der Waals surface area contributed by atoms with Gasteiger partial charge in [0.2, 0.25) is 0 Å². The van der Waals surface area contributed by atoms with Gasteiger partial charge in [0.05, 0.1) is 16.6 Å². The van der Waals surface area contributed by atoms with Gasteiger partial charge in [-0.05, 0) is 52.9 Å². The average molecular weight is 339 g/mol. The number of anilines is 1. The van der Waals surface area contributed by atoms with Crippen LogP contribution >= 0.6 is 15.9 Å². The summed E-state index contributed by atoms with van der Waals surface area (Å²) in [6.45, 7) is 9.14. The highest BCUT2D eigenvalue weighted by Gasteiger charge is 2.19. The van der Waals surface area contributed by atoms with Crippen molar-refractivity contribution in [1.82, 2.24) is 4.98 Å². The Morgan fingerprint density at radius 1 is 1.35 bits per heavy atom. The number of pyridine rings is 1. The smallest absolute Gasteiger partial charge is 0.134 e. The van der Waals surface area contributed by atoms with Crippen LogP contribution in [0.1, 0.15) is 44.4 Å². The van der Waals surface area contributed by atoms with Crippen molar-refractivity contribution in [3.63, 3.8) is 0 Å². The van der Waals surface area contributed by atoms with E-state index in [1.54, 1.807) is 6.07 Å². The number of benzene rings is 1. The second-order valence-electron chi connectivity index (χ2n) is 5.32. The Labute approximate surface area is 127 Å². The van der Waals surface area contributed by atoms with Gasteiger partial charge in [0.1, 0.15) is 5.82 Å². The summed E-state index contributed by atoms with van der Waals surface area (Å²) in [5.41, 5.74) is 3.63. The molecule has 4 heteroatoms. The largest absolute Gasteiger partial charge is 0.384 e. The second-order valence-corrected chi connectivity index (χ2v) is 6.17. The van der Waals surface area contributed by atoms with Gasteiger partial charge in [-0.15, -0.1) is 0 Å². The number of halogens is 2. The van der Waals surface area contributed by atoms with Gasteiger partial charge in [-0.3, -0.25) is 4.98 Å². The number of fused-ring (bicyclic) bond motifs is 1. The quantitative estimate of drug-likeness (QED) is 0.808. The first-order valence-corrected chi connectivity index (χ1v) is 7.78. The summed E-state index contributed by atoms with van der Waals surface area (Å²) in [5.74, 6) is 0.0702. The summed E-state index contributed by atoms with van der Waals surface area (Å²) >= 11 is 3.47. The zero-order valence-electron chi connectivity index (χ0n) is 12.3. The van der Waals surface area contributed by atoms with E-state index in [0.717, 1.165) is 34.4 Å². The Bertz CT molecular complexity index is 638. The van der Waals surface area contributed by atoms with Crippen LogP contribution in [0.2, 0.25) is 0 Å². The fraction of sp³-hybridized carbons (Fsp3) is 0.438. The normalized spacial score (nSPS) is 11.3. The molecule has 1 N–H and O–H groups in total. The van der Waals surface area contributed by atoms with Crippen LogP contribution in [-0.4, -0.2) is 11.5 Å². The van der Waals surface area contributed by atoms with Crippen molar-refractivity contribution in [3.8, 4) is 0 Å². The minimum atomic E-state index is -0.226. The lowest BCUT2D eigenvalue weighted by molar-refractivity contribution is 0.639. The summed E-state index contributed by atoms with van der Waals surface area (Å²) in [6.07, 6.45) is 0.996. The van der Waals surface area contributed by atoms with Crippen molar-refractivity contribution in [2.24, 2.45) is 0 Å². The predicted octanol–water partition coefficient (Wildman–Crippen LogP) is 5.39. The molecule has 1 heterocycles. The summed E-state index contributed by atoms with van der Waals surface area (Å²) in [7, 11) is 0. The number of aryl methyl sites for hydroxylation is 1. The fourth-order valence-corrected chi connectivity index (χ4v) is 2.99. The van der Waals surface area contributed by atoms with Crippen LogP contribution in [0.5, 0.6) is 0 Å².